The summed E-state index contributed by atoms with van der Waals surface area (Å²) in [5.74, 6) is -0.609. The Morgan fingerprint density at radius 2 is 2.00 bits per heavy atom. The van der Waals surface area contributed by atoms with Gasteiger partial charge in [-0.3, -0.25) is 4.79 Å². The molecule has 1 amide bonds. The zero-order valence-corrected chi connectivity index (χ0v) is 12.5. The van der Waals surface area contributed by atoms with Gasteiger partial charge in [-0.15, -0.1) is 0 Å². The summed E-state index contributed by atoms with van der Waals surface area (Å²) in [5.41, 5.74) is -0.972. The van der Waals surface area contributed by atoms with Crippen molar-refractivity contribution in [3.63, 3.8) is 0 Å². The average molecular weight is 303 g/mol. The molecule has 1 saturated heterocycles. The van der Waals surface area contributed by atoms with Gasteiger partial charge in [0, 0.05) is 31.4 Å². The molecule has 6 nitrogen and oxygen atoms in total. The van der Waals surface area contributed by atoms with Gasteiger partial charge in [0.05, 0.1) is 6.33 Å². The van der Waals surface area contributed by atoms with Crippen molar-refractivity contribution in [1.82, 2.24) is 14.5 Å². The van der Waals surface area contributed by atoms with E-state index in [0.717, 1.165) is 19.3 Å². The van der Waals surface area contributed by atoms with Gasteiger partial charge in [-0.25, -0.2) is 9.78 Å². The number of hydrogen-bond acceptors (Lipinski definition) is 3. The Balaban J connectivity index is 1.69. The van der Waals surface area contributed by atoms with Gasteiger partial charge in [-0.2, -0.15) is 0 Å². The molecule has 0 bridgehead atoms. The Bertz CT molecular complexity index is 571. The summed E-state index contributed by atoms with van der Waals surface area (Å²) in [5, 5.41) is 9.67. The van der Waals surface area contributed by atoms with Gasteiger partial charge in [0.2, 0.25) is 5.91 Å². The van der Waals surface area contributed by atoms with E-state index in [9.17, 15) is 14.7 Å². The van der Waals surface area contributed by atoms with Crippen molar-refractivity contribution in [2.45, 2.75) is 37.6 Å². The highest BCUT2D eigenvalue weighted by molar-refractivity contribution is 5.81. The van der Waals surface area contributed by atoms with Crippen LogP contribution in [0.25, 0.3) is 0 Å². The molecule has 118 valence electrons. The second-order valence-electron chi connectivity index (χ2n) is 6.11. The fraction of sp³-hybridized carbons (Fsp3) is 0.562. The number of allylic oxidation sites excluding steroid dienone is 2. The fourth-order valence-corrected chi connectivity index (χ4v) is 3.47. The molecule has 0 radical (unpaired) electrons. The number of aliphatic carboxylic acids is 1. The summed E-state index contributed by atoms with van der Waals surface area (Å²) in [7, 11) is 0. The van der Waals surface area contributed by atoms with Crippen molar-refractivity contribution in [3.05, 3.63) is 30.9 Å². The monoisotopic (exact) mass is 303 g/mol. The molecular formula is C16H21N3O3. The van der Waals surface area contributed by atoms with Gasteiger partial charge < -0.3 is 14.6 Å². The summed E-state index contributed by atoms with van der Waals surface area (Å²) >= 11 is 0. The summed E-state index contributed by atoms with van der Waals surface area (Å²) in [4.78, 5) is 30.1. The highest BCUT2D eigenvalue weighted by atomic mass is 16.4. The molecule has 0 unspecified atom stereocenters. The van der Waals surface area contributed by atoms with Crippen molar-refractivity contribution in [1.29, 1.82) is 0 Å². The number of amides is 1. The lowest BCUT2D eigenvalue weighted by Crippen LogP contribution is -2.53. The summed E-state index contributed by atoms with van der Waals surface area (Å²) in [6, 6.07) is 0. The van der Waals surface area contributed by atoms with Crippen LogP contribution < -0.4 is 0 Å². The van der Waals surface area contributed by atoms with Crippen LogP contribution in [-0.2, 0) is 15.1 Å². The predicted octanol–water partition coefficient (Wildman–Crippen LogP) is 1.64. The van der Waals surface area contributed by atoms with Crippen LogP contribution in [0.5, 0.6) is 0 Å². The number of piperidine rings is 1. The highest BCUT2D eigenvalue weighted by Crippen LogP contribution is 2.32. The lowest BCUT2D eigenvalue weighted by molar-refractivity contribution is -0.153. The normalized spacial score (nSPS) is 24.2. The number of hydrogen-bond donors (Lipinski definition) is 1. The Morgan fingerprint density at radius 3 is 2.55 bits per heavy atom. The first-order valence-corrected chi connectivity index (χ1v) is 7.79. The Hall–Kier alpha value is -2.11. The van der Waals surface area contributed by atoms with Gasteiger partial charge in [0.15, 0.2) is 0 Å². The first-order chi connectivity index (χ1) is 10.6. The number of carboxylic acids is 1. The van der Waals surface area contributed by atoms with Crippen molar-refractivity contribution < 1.29 is 14.7 Å². The number of rotatable bonds is 3. The molecule has 2 heterocycles. The van der Waals surface area contributed by atoms with E-state index in [1.54, 1.807) is 23.3 Å². The molecule has 0 aromatic carbocycles. The molecule has 1 aliphatic carbocycles. The van der Waals surface area contributed by atoms with E-state index in [2.05, 4.69) is 17.1 Å². The molecule has 22 heavy (non-hydrogen) atoms. The minimum Gasteiger partial charge on any atom is -0.479 e. The van der Waals surface area contributed by atoms with E-state index in [1.807, 2.05) is 4.90 Å². The second kappa shape index (κ2) is 5.94. The summed E-state index contributed by atoms with van der Waals surface area (Å²) < 4.78 is 1.67. The quantitative estimate of drug-likeness (QED) is 0.861. The maximum absolute atomic E-state index is 12.5. The second-order valence-corrected chi connectivity index (χ2v) is 6.11. The zero-order chi connectivity index (χ0) is 15.6. The molecule has 0 spiro atoms. The van der Waals surface area contributed by atoms with Gasteiger partial charge in [0.25, 0.3) is 0 Å². The molecule has 3 rings (SSSR count). The molecule has 1 atom stereocenters. The van der Waals surface area contributed by atoms with Crippen LogP contribution >= 0.6 is 0 Å². The lowest BCUT2D eigenvalue weighted by atomic mass is 9.85. The van der Waals surface area contributed by atoms with Crippen molar-refractivity contribution in [2.24, 2.45) is 5.92 Å². The standard InChI is InChI=1S/C16H21N3O3/c20-14(13-4-2-1-3-5-13)18-9-6-16(7-10-18,15(21)22)19-11-8-17-12-19/h1-2,8,11-13H,3-7,9-10H2,(H,21,22)/t13-/m0/s1. The third-order valence-corrected chi connectivity index (χ3v) is 4.92. The molecule has 1 N–H and O–H groups in total. The van der Waals surface area contributed by atoms with Crippen LogP contribution in [0, 0.1) is 5.92 Å². The Morgan fingerprint density at radius 1 is 1.23 bits per heavy atom. The van der Waals surface area contributed by atoms with E-state index in [1.165, 1.54) is 0 Å². The molecule has 0 saturated carbocycles. The Kier molecular flexibility index (Phi) is 4.00. The maximum Gasteiger partial charge on any atom is 0.330 e. The predicted molar refractivity (Wildman–Crippen MR) is 80.1 cm³/mol. The van der Waals surface area contributed by atoms with E-state index in [0.29, 0.717) is 25.9 Å². The molecule has 1 aliphatic heterocycles. The number of likely N-dealkylation sites (tertiary alicyclic amines) is 1. The first kappa shape index (κ1) is 14.8. The molecule has 1 aromatic heterocycles. The van der Waals surface area contributed by atoms with E-state index < -0.39 is 11.5 Å². The van der Waals surface area contributed by atoms with Crippen LogP contribution in [0.15, 0.2) is 30.9 Å². The number of imidazole rings is 1. The molecule has 6 heteroatoms. The molecule has 1 aromatic rings. The maximum atomic E-state index is 12.5. The minimum atomic E-state index is -0.972. The van der Waals surface area contributed by atoms with E-state index in [-0.39, 0.29) is 11.8 Å². The topological polar surface area (TPSA) is 75.4 Å². The fourth-order valence-electron chi connectivity index (χ4n) is 3.47. The van der Waals surface area contributed by atoms with Crippen LogP contribution in [0.1, 0.15) is 32.1 Å². The molecule has 2 aliphatic rings. The van der Waals surface area contributed by atoms with Gasteiger partial charge in [0.1, 0.15) is 5.54 Å². The third-order valence-electron chi connectivity index (χ3n) is 4.92. The first-order valence-electron chi connectivity index (χ1n) is 7.79. The van der Waals surface area contributed by atoms with Crippen LogP contribution in [0.3, 0.4) is 0 Å². The van der Waals surface area contributed by atoms with Crippen molar-refractivity contribution in [2.75, 3.05) is 13.1 Å². The van der Waals surface area contributed by atoms with Crippen molar-refractivity contribution in [3.8, 4) is 0 Å². The van der Waals surface area contributed by atoms with Crippen LogP contribution in [-0.4, -0.2) is 44.5 Å². The van der Waals surface area contributed by atoms with E-state index >= 15 is 0 Å². The van der Waals surface area contributed by atoms with Gasteiger partial charge in [-0.05, 0) is 32.1 Å². The third kappa shape index (κ3) is 2.53. The SMILES string of the molecule is O=C([C@H]1CC=CCC1)N1CCC(C(=O)O)(n2ccnc2)CC1. The van der Waals surface area contributed by atoms with E-state index in [4.69, 9.17) is 0 Å². The molecule has 1 fully saturated rings. The molecular weight excluding hydrogens is 282 g/mol. The Labute approximate surface area is 129 Å². The highest BCUT2D eigenvalue weighted by Gasteiger charge is 2.44. The van der Waals surface area contributed by atoms with Gasteiger partial charge in [-0.1, -0.05) is 12.2 Å². The lowest BCUT2D eigenvalue weighted by Gasteiger charge is -2.40. The smallest absolute Gasteiger partial charge is 0.330 e. The summed E-state index contributed by atoms with van der Waals surface area (Å²) in [6.07, 6.45) is 12.5. The van der Waals surface area contributed by atoms with Crippen LogP contribution in [0.4, 0.5) is 0 Å². The number of aromatic nitrogens is 2. The number of carbonyl (C=O) groups is 2. The summed E-state index contributed by atoms with van der Waals surface area (Å²) in [6.45, 7) is 0.979. The number of carboxylic acid groups (broad SMARTS) is 1. The zero-order valence-electron chi connectivity index (χ0n) is 12.5. The number of carbonyl (C=O) groups excluding carboxylic acids is 1. The van der Waals surface area contributed by atoms with Crippen LogP contribution in [0.2, 0.25) is 0 Å². The largest absolute Gasteiger partial charge is 0.479 e. The number of nitrogens with zero attached hydrogens (tertiary/aromatic N) is 3. The van der Waals surface area contributed by atoms with Gasteiger partial charge >= 0.3 is 5.97 Å². The average Bonchev–Trinajstić information content (AvgIpc) is 3.10. The van der Waals surface area contributed by atoms with Crippen molar-refractivity contribution >= 4 is 11.9 Å². The minimum absolute atomic E-state index is 0.0653.